The minimum absolute atomic E-state index is 0.0995. The van der Waals surface area contributed by atoms with E-state index in [0.717, 1.165) is 28.5 Å². The van der Waals surface area contributed by atoms with Gasteiger partial charge in [-0.3, -0.25) is 4.57 Å². The molecule has 0 aliphatic heterocycles. The highest BCUT2D eigenvalue weighted by Gasteiger charge is 2.28. The number of aryl methyl sites for hydroxylation is 2. The maximum atomic E-state index is 13.2. The van der Waals surface area contributed by atoms with Gasteiger partial charge in [-0.2, -0.15) is 8.78 Å². The zero-order valence-electron chi connectivity index (χ0n) is 20.7. The first-order chi connectivity index (χ1) is 17.5. The second-order valence-electron chi connectivity index (χ2n) is 8.57. The second-order valence-corrected chi connectivity index (χ2v) is 10.8. The lowest BCUT2D eigenvalue weighted by atomic mass is 9.98. The van der Waals surface area contributed by atoms with Crippen LogP contribution in [0.1, 0.15) is 29.8 Å². The Labute approximate surface area is 212 Å². The summed E-state index contributed by atoms with van der Waals surface area (Å²) in [6.45, 7) is 2.45. The van der Waals surface area contributed by atoms with E-state index >= 15 is 0 Å². The number of ether oxygens (including phenoxy) is 2. The molecule has 196 valence electrons. The van der Waals surface area contributed by atoms with Gasteiger partial charge in [-0.1, -0.05) is 24.3 Å². The van der Waals surface area contributed by atoms with E-state index in [1.807, 2.05) is 38.1 Å². The smallest absolute Gasteiger partial charge is 0.387 e. The number of sulfone groups is 1. The number of hydrogen-bond acceptors (Lipinski definition) is 7. The molecular weight excluding hydrogens is 506 g/mol. The Morgan fingerprint density at radius 2 is 1.84 bits per heavy atom. The van der Waals surface area contributed by atoms with Gasteiger partial charge in [-0.05, 0) is 49.6 Å². The molecule has 0 radical (unpaired) electrons. The van der Waals surface area contributed by atoms with E-state index in [9.17, 15) is 22.0 Å². The maximum absolute atomic E-state index is 13.2. The second kappa shape index (κ2) is 10.3. The molecule has 0 aliphatic carbocycles. The van der Waals surface area contributed by atoms with Gasteiger partial charge in [-0.15, -0.1) is 0 Å². The molecule has 12 heteroatoms. The number of hydrogen-bond donors (Lipinski definition) is 1. The normalized spacial score (nSPS) is 12.7. The highest BCUT2D eigenvalue weighted by atomic mass is 32.2. The van der Waals surface area contributed by atoms with Crippen molar-refractivity contribution in [2.24, 2.45) is 0 Å². The molecule has 1 aromatic carbocycles. The van der Waals surface area contributed by atoms with E-state index in [1.54, 1.807) is 13.1 Å². The molecule has 1 unspecified atom stereocenters. The molecule has 3 heterocycles. The summed E-state index contributed by atoms with van der Waals surface area (Å²) < 4.78 is 61.5. The average Bonchev–Trinajstić information content (AvgIpc) is 3.15. The van der Waals surface area contributed by atoms with Crippen molar-refractivity contribution in [2.75, 3.05) is 18.6 Å². The molecule has 0 fully saturated rings. The lowest BCUT2D eigenvalue weighted by Crippen LogP contribution is -2.29. The number of H-pyrrole nitrogens is 1. The number of aromatic nitrogens is 4. The highest BCUT2D eigenvalue weighted by Crippen LogP contribution is 2.33. The van der Waals surface area contributed by atoms with Crippen LogP contribution in [0.15, 0.2) is 47.4 Å². The van der Waals surface area contributed by atoms with Crippen molar-refractivity contribution in [3.63, 3.8) is 0 Å². The van der Waals surface area contributed by atoms with Crippen LogP contribution >= 0.6 is 0 Å². The average molecular weight is 533 g/mol. The first-order valence-corrected chi connectivity index (χ1v) is 13.5. The molecule has 4 aromatic rings. The summed E-state index contributed by atoms with van der Waals surface area (Å²) in [5.74, 6) is -1.03. The fourth-order valence-corrected chi connectivity index (χ4v) is 5.15. The number of benzene rings is 1. The number of imidazole rings is 1. The molecule has 9 nitrogen and oxygen atoms in total. The Balaban J connectivity index is 1.91. The van der Waals surface area contributed by atoms with Gasteiger partial charge in [0.25, 0.3) is 5.88 Å². The van der Waals surface area contributed by atoms with Crippen molar-refractivity contribution in [1.82, 2.24) is 19.5 Å². The molecule has 1 atom stereocenters. The van der Waals surface area contributed by atoms with Crippen LogP contribution in [0.25, 0.3) is 22.3 Å². The Hall–Kier alpha value is -3.80. The van der Waals surface area contributed by atoms with Crippen LogP contribution in [0.2, 0.25) is 0 Å². The van der Waals surface area contributed by atoms with Gasteiger partial charge in [0, 0.05) is 18.0 Å². The molecule has 0 spiro atoms. The summed E-state index contributed by atoms with van der Waals surface area (Å²) in [7, 11) is -3.64. The summed E-state index contributed by atoms with van der Waals surface area (Å²) in [5.41, 5.74) is 3.78. The van der Waals surface area contributed by atoms with Gasteiger partial charge in [0.15, 0.2) is 11.4 Å². The summed E-state index contributed by atoms with van der Waals surface area (Å²) in [6, 6.07) is 9.18. The van der Waals surface area contributed by atoms with Crippen LogP contribution in [0, 0.1) is 13.8 Å². The standard InChI is InChI=1S/C25H26F2N4O5S/c1-5-35-23-20(36-24(26)27)11-10-18(29-23)19(13-37(4,33)34)31-22-21(30-25(31)32)15(3)17(12-28-22)16-9-7-6-8-14(16)2/h6-12,19,24H,5,13H2,1-4H3,(H,30,32). The zero-order chi connectivity index (χ0) is 26.9. The molecule has 0 saturated heterocycles. The van der Waals surface area contributed by atoms with Gasteiger partial charge in [0.1, 0.15) is 9.84 Å². The summed E-state index contributed by atoms with van der Waals surface area (Å²) >= 11 is 0. The SMILES string of the molecule is CCOc1nc(C(CS(C)(=O)=O)n2c(=O)[nH]c3c(C)c(-c4ccccc4C)cnc32)ccc1OC(F)F. The van der Waals surface area contributed by atoms with Crippen molar-refractivity contribution < 1.29 is 26.7 Å². The first kappa shape index (κ1) is 26.3. The fraction of sp³-hybridized carbons (Fsp3) is 0.320. The van der Waals surface area contributed by atoms with Crippen LogP contribution in [-0.2, 0) is 9.84 Å². The predicted octanol–water partition coefficient (Wildman–Crippen LogP) is 4.04. The number of halogens is 2. The molecule has 0 aliphatic rings. The van der Waals surface area contributed by atoms with Crippen molar-refractivity contribution in [1.29, 1.82) is 0 Å². The number of rotatable bonds is 9. The number of nitrogens with one attached hydrogen (secondary N) is 1. The third-order valence-corrected chi connectivity index (χ3v) is 6.81. The Morgan fingerprint density at radius 3 is 2.49 bits per heavy atom. The van der Waals surface area contributed by atoms with Crippen molar-refractivity contribution in [2.45, 2.75) is 33.4 Å². The minimum atomic E-state index is -3.64. The molecule has 3 aromatic heterocycles. The maximum Gasteiger partial charge on any atom is 0.387 e. The largest absolute Gasteiger partial charge is 0.475 e. The van der Waals surface area contributed by atoms with Crippen molar-refractivity contribution >= 4 is 21.0 Å². The summed E-state index contributed by atoms with van der Waals surface area (Å²) in [4.78, 5) is 24.8. The number of aromatic amines is 1. The van der Waals surface area contributed by atoms with Gasteiger partial charge in [0.2, 0.25) is 0 Å². The van der Waals surface area contributed by atoms with Crippen LogP contribution < -0.4 is 15.2 Å². The Kier molecular flexibility index (Phi) is 7.30. The van der Waals surface area contributed by atoms with Crippen LogP contribution in [0.4, 0.5) is 8.78 Å². The van der Waals surface area contributed by atoms with Gasteiger partial charge in [0.05, 0.1) is 29.6 Å². The van der Waals surface area contributed by atoms with Gasteiger partial charge < -0.3 is 14.5 Å². The van der Waals surface area contributed by atoms with Crippen molar-refractivity contribution in [3.8, 4) is 22.8 Å². The monoisotopic (exact) mass is 532 g/mol. The lowest BCUT2D eigenvalue weighted by Gasteiger charge is -2.19. The number of alkyl halides is 2. The molecular formula is C25H26F2N4O5S. The topological polar surface area (TPSA) is 116 Å². The number of pyridine rings is 2. The number of fused-ring (bicyclic) bond motifs is 1. The molecule has 4 rings (SSSR count). The lowest BCUT2D eigenvalue weighted by molar-refractivity contribution is -0.0518. The molecule has 0 bridgehead atoms. The first-order valence-electron chi connectivity index (χ1n) is 11.4. The molecule has 37 heavy (non-hydrogen) atoms. The fourth-order valence-electron chi connectivity index (χ4n) is 4.25. The minimum Gasteiger partial charge on any atom is -0.475 e. The highest BCUT2D eigenvalue weighted by molar-refractivity contribution is 7.90. The number of nitrogens with zero attached hydrogens (tertiary/aromatic N) is 3. The van der Waals surface area contributed by atoms with Gasteiger partial charge in [-0.25, -0.2) is 23.2 Å². The van der Waals surface area contributed by atoms with E-state index in [1.165, 1.54) is 16.7 Å². The Morgan fingerprint density at radius 1 is 1.11 bits per heavy atom. The Bertz CT molecular complexity index is 1620. The van der Waals surface area contributed by atoms with E-state index in [4.69, 9.17) is 4.74 Å². The molecule has 0 saturated carbocycles. The predicted molar refractivity (Wildman–Crippen MR) is 135 cm³/mol. The van der Waals surface area contributed by atoms with E-state index in [0.29, 0.717) is 5.52 Å². The van der Waals surface area contributed by atoms with Crippen LogP contribution in [-0.4, -0.2) is 53.2 Å². The quantitative estimate of drug-likeness (QED) is 0.346. The zero-order valence-corrected chi connectivity index (χ0v) is 21.5. The summed E-state index contributed by atoms with van der Waals surface area (Å²) in [5, 5.41) is 0. The van der Waals surface area contributed by atoms with Gasteiger partial charge >= 0.3 is 12.3 Å². The molecule has 0 amide bonds. The van der Waals surface area contributed by atoms with Crippen LogP contribution in [0.5, 0.6) is 11.6 Å². The van der Waals surface area contributed by atoms with E-state index in [-0.39, 0.29) is 29.6 Å². The van der Waals surface area contributed by atoms with E-state index in [2.05, 4.69) is 19.7 Å². The molecule has 1 N–H and O–H groups in total. The van der Waals surface area contributed by atoms with Crippen LogP contribution in [0.3, 0.4) is 0 Å². The third kappa shape index (κ3) is 5.48. The van der Waals surface area contributed by atoms with E-state index < -0.39 is 33.9 Å². The third-order valence-electron chi connectivity index (χ3n) is 5.89. The summed E-state index contributed by atoms with van der Waals surface area (Å²) in [6.07, 6.45) is 2.67. The van der Waals surface area contributed by atoms with Crippen molar-refractivity contribution in [3.05, 3.63) is 69.9 Å².